The molecule has 63 heavy (non-hydrogen) atoms. The summed E-state index contributed by atoms with van der Waals surface area (Å²) >= 11 is 0. The largest absolute Gasteiger partial charge is 0.383 e. The maximum absolute atomic E-state index is 14.0. The normalized spacial score (nSPS) is 17.3. The van der Waals surface area contributed by atoms with Crippen LogP contribution in [0.4, 0.5) is 21.7 Å². The molecule has 2 fully saturated rings. The second kappa shape index (κ2) is 19.9. The Kier molecular flexibility index (Phi) is 13.5. The minimum Gasteiger partial charge on any atom is -0.383 e. The van der Waals surface area contributed by atoms with Gasteiger partial charge in [0.05, 0.1) is 62.0 Å². The van der Waals surface area contributed by atoms with Gasteiger partial charge in [0.25, 0.3) is 11.8 Å². The summed E-state index contributed by atoms with van der Waals surface area (Å²) in [4.78, 5) is 74.5. The summed E-state index contributed by atoms with van der Waals surface area (Å²) in [6.07, 6.45) is 3.82. The predicted octanol–water partition coefficient (Wildman–Crippen LogP) is 2.94. The topological polar surface area (TPSA) is 214 Å². The zero-order valence-corrected chi connectivity index (χ0v) is 34.5. The molecule has 8 rings (SSSR count). The lowest BCUT2D eigenvalue weighted by Gasteiger charge is -2.27. The number of hydrogen-bond acceptors (Lipinski definition) is 14. The molecule has 0 saturated carbocycles. The van der Waals surface area contributed by atoms with E-state index in [0.717, 1.165) is 41.4 Å². The molecule has 328 valence electrons. The van der Waals surface area contributed by atoms with Crippen molar-refractivity contribution >= 4 is 52.5 Å². The molecule has 6 heterocycles. The van der Waals surface area contributed by atoms with Crippen LogP contribution in [0.15, 0.2) is 79.0 Å². The molecule has 0 bridgehead atoms. The number of hydrogen-bond donors (Lipinski definition) is 5. The summed E-state index contributed by atoms with van der Waals surface area (Å²) in [5.41, 5.74) is 4.11. The van der Waals surface area contributed by atoms with Crippen LogP contribution in [-0.2, 0) is 23.9 Å². The summed E-state index contributed by atoms with van der Waals surface area (Å²) in [6, 6.07) is 20.2. The van der Waals surface area contributed by atoms with Gasteiger partial charge in [0, 0.05) is 44.8 Å². The molecule has 3 aliphatic heterocycles. The van der Waals surface area contributed by atoms with Gasteiger partial charge in [-0.05, 0) is 79.4 Å². The monoisotopic (exact) mass is 861 g/mol. The molecule has 2 saturated heterocycles. The number of imidazole rings is 1. The van der Waals surface area contributed by atoms with Crippen molar-refractivity contribution in [2.45, 2.75) is 37.8 Å². The van der Waals surface area contributed by atoms with E-state index in [0.29, 0.717) is 75.5 Å². The third-order valence-corrected chi connectivity index (χ3v) is 11.0. The summed E-state index contributed by atoms with van der Waals surface area (Å²) < 4.78 is 27.0. The highest BCUT2D eigenvalue weighted by Gasteiger charge is 2.44. The van der Waals surface area contributed by atoms with Crippen LogP contribution in [0.5, 0.6) is 0 Å². The first-order chi connectivity index (χ1) is 30.7. The molecule has 5 amide bonds. The molecule has 5 N–H and O–H groups in total. The molecule has 0 radical (unpaired) electrons. The van der Waals surface area contributed by atoms with Gasteiger partial charge in [0.15, 0.2) is 5.65 Å². The quantitative estimate of drug-likeness (QED) is 0.0563. The van der Waals surface area contributed by atoms with Crippen molar-refractivity contribution in [3.63, 3.8) is 0 Å². The van der Waals surface area contributed by atoms with Crippen molar-refractivity contribution in [1.29, 1.82) is 0 Å². The molecular formula is C44H48FN11O7. The number of carbonyl (C=O) groups is 5. The van der Waals surface area contributed by atoms with Crippen molar-refractivity contribution in [3.8, 4) is 11.4 Å². The van der Waals surface area contributed by atoms with Crippen LogP contribution in [0.2, 0.25) is 0 Å². The maximum Gasteiger partial charge on any atom is 0.262 e. The highest BCUT2D eigenvalue weighted by Crippen LogP contribution is 2.36. The Balaban J connectivity index is 0.681. The zero-order chi connectivity index (χ0) is 43.7. The third kappa shape index (κ3) is 10.1. The van der Waals surface area contributed by atoms with Gasteiger partial charge in [0.2, 0.25) is 17.7 Å². The fourth-order valence-electron chi connectivity index (χ4n) is 7.95. The van der Waals surface area contributed by atoms with E-state index in [-0.39, 0.29) is 48.3 Å². The van der Waals surface area contributed by atoms with Crippen molar-refractivity contribution in [2.24, 2.45) is 0 Å². The van der Waals surface area contributed by atoms with E-state index in [1.807, 2.05) is 36.4 Å². The Labute approximate surface area is 361 Å². The van der Waals surface area contributed by atoms with Gasteiger partial charge >= 0.3 is 0 Å². The van der Waals surface area contributed by atoms with Gasteiger partial charge in [-0.3, -0.25) is 34.2 Å². The SMILES string of the molecule is O=C(CNCCNc1cccc(-c2cnc3ccc(N4CCC[C@@H]4c4cccc(F)c4)nn23)n1)NCCOCCOCCNc1ccc2c(c1)C(=O)N(C1CCC(=O)NC1=O)C2=O. The molecule has 19 heteroatoms. The van der Waals surface area contributed by atoms with Crippen LogP contribution in [0.3, 0.4) is 0 Å². The number of anilines is 3. The molecule has 0 aliphatic carbocycles. The fourth-order valence-corrected chi connectivity index (χ4v) is 7.95. The van der Waals surface area contributed by atoms with Crippen LogP contribution in [0.1, 0.15) is 58.0 Å². The molecule has 18 nitrogen and oxygen atoms in total. The van der Waals surface area contributed by atoms with Gasteiger partial charge in [0.1, 0.15) is 29.2 Å². The Hall–Kier alpha value is -6.83. The number of halogens is 1. The molecule has 3 aromatic heterocycles. The molecular weight excluding hydrogens is 814 g/mol. The van der Waals surface area contributed by atoms with Crippen molar-refractivity contribution in [2.75, 3.05) is 81.2 Å². The highest BCUT2D eigenvalue weighted by atomic mass is 19.1. The lowest BCUT2D eigenvalue weighted by molar-refractivity contribution is -0.136. The smallest absolute Gasteiger partial charge is 0.262 e. The number of amides is 5. The average Bonchev–Trinajstić information content (AvgIpc) is 4.01. The van der Waals surface area contributed by atoms with Gasteiger partial charge in [-0.25, -0.2) is 18.9 Å². The summed E-state index contributed by atoms with van der Waals surface area (Å²) in [7, 11) is 0. The molecule has 2 aromatic carbocycles. The minimum atomic E-state index is -1.01. The molecule has 3 aliphatic rings. The van der Waals surface area contributed by atoms with Crippen molar-refractivity contribution in [3.05, 3.63) is 102 Å². The van der Waals surface area contributed by atoms with Crippen LogP contribution < -0.4 is 31.5 Å². The zero-order valence-electron chi connectivity index (χ0n) is 34.5. The van der Waals surface area contributed by atoms with E-state index in [9.17, 15) is 28.4 Å². The van der Waals surface area contributed by atoms with Crippen molar-refractivity contribution in [1.82, 2.24) is 40.4 Å². The predicted molar refractivity (Wildman–Crippen MR) is 230 cm³/mol. The van der Waals surface area contributed by atoms with Crippen molar-refractivity contribution < 1.29 is 37.8 Å². The number of piperidine rings is 1. The number of nitrogens with zero attached hydrogens (tertiary/aromatic N) is 6. The standard InChI is InChI=1S/C44H48FN11O7/c45-29-5-1-4-28(24-29)34-7-3-19-54(34)39-13-12-38-50-26-36(56(38)53-39)33-6-2-8-37(51-33)48-16-15-46-27-41(58)49-18-21-63-23-22-62-20-17-47-30-9-10-31-32(25-30)44(61)55(43(31)60)35-11-14-40(57)52-42(35)59/h1-2,4-6,8-10,12-13,24-26,34-35,46-47H,3,7,11,14-23,27H2,(H,48,51)(H,49,58)(H,52,57,59)/t34-,35?/m1/s1. The van der Waals surface area contributed by atoms with E-state index in [4.69, 9.17) is 19.6 Å². The second-order valence-electron chi connectivity index (χ2n) is 15.2. The average molecular weight is 862 g/mol. The number of benzene rings is 2. The van der Waals surface area contributed by atoms with E-state index >= 15 is 0 Å². The lowest BCUT2D eigenvalue weighted by Crippen LogP contribution is -2.54. The lowest BCUT2D eigenvalue weighted by atomic mass is 10.0. The summed E-state index contributed by atoms with van der Waals surface area (Å²) in [5.74, 6) is -1.13. The Morgan fingerprint density at radius 2 is 1.65 bits per heavy atom. The highest BCUT2D eigenvalue weighted by molar-refractivity contribution is 6.23. The van der Waals surface area contributed by atoms with Crippen LogP contribution >= 0.6 is 0 Å². The fraction of sp³-hybridized carbons (Fsp3) is 0.364. The Morgan fingerprint density at radius 3 is 2.49 bits per heavy atom. The Bertz CT molecular complexity index is 2500. The number of fused-ring (bicyclic) bond motifs is 2. The van der Waals surface area contributed by atoms with Crippen LogP contribution in [-0.4, -0.2) is 126 Å². The van der Waals surface area contributed by atoms with Gasteiger partial charge in [-0.2, -0.15) is 0 Å². The second-order valence-corrected chi connectivity index (χ2v) is 15.2. The van der Waals surface area contributed by atoms with E-state index in [2.05, 4.69) is 36.5 Å². The van der Waals surface area contributed by atoms with E-state index in [1.165, 1.54) is 6.07 Å². The Morgan fingerprint density at radius 1 is 0.825 bits per heavy atom. The maximum atomic E-state index is 14.0. The number of rotatable bonds is 20. The molecule has 1 unspecified atom stereocenters. The number of pyridine rings is 1. The van der Waals surface area contributed by atoms with Crippen LogP contribution in [0.25, 0.3) is 17.0 Å². The molecule has 0 spiro atoms. The molecule has 5 aromatic rings. The number of ether oxygens (including phenoxy) is 2. The number of carbonyl (C=O) groups excluding carboxylic acids is 5. The first-order valence-electron chi connectivity index (χ1n) is 21.0. The minimum absolute atomic E-state index is 0.0415. The number of nitrogens with one attached hydrogen (secondary N) is 5. The number of aromatic nitrogens is 4. The van der Waals surface area contributed by atoms with Crippen LogP contribution in [0, 0.1) is 5.82 Å². The van der Waals surface area contributed by atoms with Gasteiger partial charge in [-0.1, -0.05) is 18.2 Å². The molecule has 2 atom stereocenters. The first kappa shape index (κ1) is 42.8. The van der Waals surface area contributed by atoms with E-state index in [1.54, 1.807) is 41.0 Å². The van der Waals surface area contributed by atoms with E-state index < -0.39 is 29.7 Å². The summed E-state index contributed by atoms with van der Waals surface area (Å²) in [6.45, 7) is 4.17. The summed E-state index contributed by atoms with van der Waals surface area (Å²) in [5, 5.41) is 19.5. The van der Waals surface area contributed by atoms with Gasteiger partial charge in [-0.15, -0.1) is 5.10 Å². The number of imide groups is 2. The first-order valence-corrected chi connectivity index (χ1v) is 21.0. The van der Waals surface area contributed by atoms with Gasteiger partial charge < -0.3 is 35.6 Å². The third-order valence-electron chi connectivity index (χ3n) is 11.0.